The standard InChI is InChI=1S/C6H3ClO2/c7-3-1-2-4(8)6-5(3)9-6/h1-2,8H. The maximum Gasteiger partial charge on any atom is 0.213 e. The highest BCUT2D eigenvalue weighted by atomic mass is 35.5. The van der Waals surface area contributed by atoms with E-state index in [1.807, 2.05) is 0 Å². The summed E-state index contributed by atoms with van der Waals surface area (Å²) in [5.41, 5.74) is 0. The maximum atomic E-state index is 8.91. The first-order valence-electron chi connectivity index (χ1n) is 2.48. The van der Waals surface area contributed by atoms with Crippen molar-refractivity contribution in [1.29, 1.82) is 0 Å². The molecule has 1 aliphatic heterocycles. The first-order chi connectivity index (χ1) is 4.29. The summed E-state index contributed by atoms with van der Waals surface area (Å²) in [7, 11) is 0. The van der Waals surface area contributed by atoms with Crippen LogP contribution in [0.4, 0.5) is 0 Å². The molecule has 0 saturated heterocycles. The summed E-state index contributed by atoms with van der Waals surface area (Å²) >= 11 is 5.60. The summed E-state index contributed by atoms with van der Waals surface area (Å²) in [5.74, 6) is 1.29. The van der Waals surface area contributed by atoms with Gasteiger partial charge in [-0.2, -0.15) is 0 Å². The predicted molar refractivity (Wildman–Crippen MR) is 33.2 cm³/mol. The SMILES string of the molecule is Oc1ccc(Cl)c2c1O2. The highest BCUT2D eigenvalue weighted by Crippen LogP contribution is 2.56. The van der Waals surface area contributed by atoms with E-state index in [1.165, 1.54) is 6.07 Å². The number of aromatic hydroxyl groups is 1. The molecule has 1 aliphatic rings. The van der Waals surface area contributed by atoms with Crippen LogP contribution in [0.1, 0.15) is 0 Å². The van der Waals surface area contributed by atoms with E-state index in [1.54, 1.807) is 6.07 Å². The van der Waals surface area contributed by atoms with Crippen LogP contribution in [0.3, 0.4) is 0 Å². The van der Waals surface area contributed by atoms with E-state index < -0.39 is 0 Å². The second-order valence-electron chi connectivity index (χ2n) is 1.83. The van der Waals surface area contributed by atoms with Crippen LogP contribution >= 0.6 is 11.6 Å². The molecule has 0 aliphatic carbocycles. The van der Waals surface area contributed by atoms with Crippen LogP contribution < -0.4 is 4.74 Å². The Morgan fingerprint density at radius 1 is 1.33 bits per heavy atom. The zero-order chi connectivity index (χ0) is 6.43. The van der Waals surface area contributed by atoms with Crippen LogP contribution in [0.2, 0.25) is 5.02 Å². The van der Waals surface area contributed by atoms with Crippen LogP contribution in [0.5, 0.6) is 17.2 Å². The Morgan fingerprint density at radius 2 is 2.11 bits per heavy atom. The first-order valence-corrected chi connectivity index (χ1v) is 2.86. The van der Waals surface area contributed by atoms with Crippen molar-refractivity contribution in [2.45, 2.75) is 0 Å². The third-order valence-corrected chi connectivity index (χ3v) is 1.50. The number of halogens is 1. The molecule has 1 heterocycles. The summed E-state index contributed by atoms with van der Waals surface area (Å²) < 4.78 is 4.82. The lowest BCUT2D eigenvalue weighted by atomic mass is 10.3. The molecule has 0 radical (unpaired) electrons. The largest absolute Gasteiger partial charge is 0.504 e. The molecule has 0 atom stereocenters. The molecule has 3 heteroatoms. The topological polar surface area (TPSA) is 32.8 Å². The molecule has 1 aromatic rings. The molecule has 0 saturated carbocycles. The molecule has 0 aromatic heterocycles. The van der Waals surface area contributed by atoms with Gasteiger partial charge in [-0.1, -0.05) is 11.6 Å². The molecule has 1 aromatic carbocycles. The van der Waals surface area contributed by atoms with Gasteiger partial charge in [0.1, 0.15) is 0 Å². The van der Waals surface area contributed by atoms with Crippen molar-refractivity contribution in [2.75, 3.05) is 0 Å². The molecule has 0 unspecified atom stereocenters. The minimum atomic E-state index is 0.161. The van der Waals surface area contributed by atoms with Gasteiger partial charge < -0.3 is 9.84 Å². The van der Waals surface area contributed by atoms with Gasteiger partial charge in [0.2, 0.25) is 5.75 Å². The van der Waals surface area contributed by atoms with Gasteiger partial charge >= 0.3 is 0 Å². The number of benzene rings is 1. The van der Waals surface area contributed by atoms with E-state index in [2.05, 4.69) is 0 Å². The normalized spacial score (nSPS) is 12.1. The lowest BCUT2D eigenvalue weighted by molar-refractivity contribution is 0.463. The molecule has 0 bridgehead atoms. The first kappa shape index (κ1) is 4.94. The van der Waals surface area contributed by atoms with E-state index in [-0.39, 0.29) is 5.75 Å². The van der Waals surface area contributed by atoms with Crippen molar-refractivity contribution in [3.8, 4) is 17.2 Å². The van der Waals surface area contributed by atoms with Gasteiger partial charge in [0.15, 0.2) is 11.5 Å². The molecule has 46 valence electrons. The van der Waals surface area contributed by atoms with E-state index in [9.17, 15) is 0 Å². The number of phenols is 1. The van der Waals surface area contributed by atoms with E-state index in [4.69, 9.17) is 21.4 Å². The van der Waals surface area contributed by atoms with Crippen molar-refractivity contribution in [2.24, 2.45) is 0 Å². The third kappa shape index (κ3) is 0.566. The van der Waals surface area contributed by atoms with Crippen LogP contribution in [0.15, 0.2) is 12.1 Å². The predicted octanol–water partition coefficient (Wildman–Crippen LogP) is 2.15. The minimum Gasteiger partial charge on any atom is -0.504 e. The fourth-order valence-corrected chi connectivity index (χ4v) is 0.893. The lowest BCUT2D eigenvalue weighted by Gasteiger charge is -1.80. The summed E-state index contributed by atoms with van der Waals surface area (Å²) in [5, 5.41) is 9.47. The van der Waals surface area contributed by atoms with Gasteiger partial charge in [0.05, 0.1) is 5.02 Å². The molecular weight excluding hydrogens is 140 g/mol. The van der Waals surface area contributed by atoms with Gasteiger partial charge in [-0.3, -0.25) is 0 Å². The molecule has 1 N–H and O–H groups in total. The van der Waals surface area contributed by atoms with E-state index >= 15 is 0 Å². The fraction of sp³-hybridized carbons (Fsp3) is 0. The van der Waals surface area contributed by atoms with Crippen LogP contribution in [0, 0.1) is 0 Å². The summed E-state index contributed by atoms with van der Waals surface area (Å²) in [6, 6.07) is 3.11. The number of hydrogen-bond acceptors (Lipinski definition) is 2. The molecule has 9 heavy (non-hydrogen) atoms. The quantitative estimate of drug-likeness (QED) is 0.572. The Hall–Kier alpha value is -0.890. The van der Waals surface area contributed by atoms with Crippen molar-refractivity contribution in [3.63, 3.8) is 0 Å². The Balaban J connectivity index is 2.68. The van der Waals surface area contributed by atoms with Crippen LogP contribution in [-0.2, 0) is 0 Å². The number of ether oxygens (including phenoxy) is 1. The number of hydrogen-bond donors (Lipinski definition) is 1. The lowest BCUT2D eigenvalue weighted by Crippen LogP contribution is -1.53. The van der Waals surface area contributed by atoms with Crippen molar-refractivity contribution in [3.05, 3.63) is 17.2 Å². The summed E-state index contributed by atoms with van der Waals surface area (Å²) in [6.45, 7) is 0. The van der Waals surface area contributed by atoms with Crippen LogP contribution in [-0.4, -0.2) is 5.11 Å². The van der Waals surface area contributed by atoms with Gasteiger partial charge in [-0.15, -0.1) is 0 Å². The fourth-order valence-electron chi connectivity index (χ4n) is 0.706. The highest BCUT2D eigenvalue weighted by molar-refractivity contribution is 6.33. The Labute approximate surface area is 56.6 Å². The maximum absolute atomic E-state index is 8.91. The monoisotopic (exact) mass is 142 g/mol. The Bertz CT molecular complexity index is 243. The minimum absolute atomic E-state index is 0.161. The average Bonchev–Trinajstić information content (AvgIpc) is 2.57. The van der Waals surface area contributed by atoms with Gasteiger partial charge in [-0.05, 0) is 12.1 Å². The molecule has 0 amide bonds. The van der Waals surface area contributed by atoms with E-state index in [0.29, 0.717) is 16.5 Å². The second kappa shape index (κ2) is 1.33. The second-order valence-corrected chi connectivity index (χ2v) is 2.23. The highest BCUT2D eigenvalue weighted by Gasteiger charge is 2.27. The third-order valence-electron chi connectivity index (χ3n) is 1.21. The van der Waals surface area contributed by atoms with Crippen molar-refractivity contribution in [1.82, 2.24) is 0 Å². The molecular formula is C6H3ClO2. The zero-order valence-electron chi connectivity index (χ0n) is 4.39. The van der Waals surface area contributed by atoms with Gasteiger partial charge in [-0.25, -0.2) is 0 Å². The number of fused-ring (bicyclic) bond motifs is 1. The van der Waals surface area contributed by atoms with Crippen molar-refractivity contribution >= 4 is 11.6 Å². The van der Waals surface area contributed by atoms with Crippen LogP contribution in [0.25, 0.3) is 0 Å². The smallest absolute Gasteiger partial charge is 0.213 e. The Morgan fingerprint density at radius 3 is 2.78 bits per heavy atom. The zero-order valence-corrected chi connectivity index (χ0v) is 5.14. The van der Waals surface area contributed by atoms with E-state index in [0.717, 1.165) is 0 Å². The molecule has 0 spiro atoms. The molecule has 2 nitrogen and oxygen atoms in total. The summed E-state index contributed by atoms with van der Waals surface area (Å²) in [4.78, 5) is 0. The number of phenolic OH excluding ortho intramolecular Hbond substituents is 1. The molecule has 0 fully saturated rings. The summed E-state index contributed by atoms with van der Waals surface area (Å²) in [6.07, 6.45) is 0. The number of rotatable bonds is 0. The van der Waals surface area contributed by atoms with Gasteiger partial charge in [0, 0.05) is 0 Å². The Kier molecular flexibility index (Phi) is 0.732. The van der Waals surface area contributed by atoms with Gasteiger partial charge in [0.25, 0.3) is 0 Å². The molecule has 2 rings (SSSR count). The average molecular weight is 143 g/mol. The van der Waals surface area contributed by atoms with Crippen molar-refractivity contribution < 1.29 is 9.84 Å².